The van der Waals surface area contributed by atoms with Crippen molar-refractivity contribution in [3.8, 4) is 11.3 Å². The molecule has 0 bridgehead atoms. The van der Waals surface area contributed by atoms with Crippen LogP contribution in [0.1, 0.15) is 30.0 Å². The van der Waals surface area contributed by atoms with Gasteiger partial charge in [0.1, 0.15) is 5.69 Å². The first kappa shape index (κ1) is 11.0. The Morgan fingerprint density at radius 1 is 1.24 bits per heavy atom. The van der Waals surface area contributed by atoms with Crippen molar-refractivity contribution in [2.24, 2.45) is 7.05 Å². The summed E-state index contributed by atoms with van der Waals surface area (Å²) in [6.07, 6.45) is 2.59. The molecule has 1 fully saturated rings. The topological polar surface area (TPSA) is 17.8 Å². The summed E-state index contributed by atoms with van der Waals surface area (Å²) in [7, 11) is 2.04. The minimum Gasteiger partial charge on any atom is -0.271 e. The Morgan fingerprint density at radius 3 is 2.47 bits per heavy atom. The number of hydrogen-bond acceptors (Lipinski definition) is 1. The molecule has 1 aliphatic carbocycles. The second kappa shape index (κ2) is 3.98. The van der Waals surface area contributed by atoms with Crippen LogP contribution in [0.4, 0.5) is 0 Å². The van der Waals surface area contributed by atoms with E-state index in [0.29, 0.717) is 5.92 Å². The monoisotopic (exact) mass is 290 g/mol. The number of halogens is 1. The predicted molar refractivity (Wildman–Crippen MR) is 73.1 cm³/mol. The summed E-state index contributed by atoms with van der Waals surface area (Å²) in [5, 5.41) is 4.64. The summed E-state index contributed by atoms with van der Waals surface area (Å²) < 4.78 is 3.20. The predicted octanol–water partition coefficient (Wildman–Crippen LogP) is 4.04. The van der Waals surface area contributed by atoms with Crippen LogP contribution >= 0.6 is 15.9 Å². The van der Waals surface area contributed by atoms with Crippen LogP contribution in [0.2, 0.25) is 0 Å². The van der Waals surface area contributed by atoms with Crippen LogP contribution in [0.25, 0.3) is 11.3 Å². The number of aromatic nitrogens is 2. The molecular formula is C14H15BrN2. The molecule has 1 saturated carbocycles. The van der Waals surface area contributed by atoms with E-state index in [4.69, 9.17) is 0 Å². The summed E-state index contributed by atoms with van der Waals surface area (Å²) in [6, 6.07) is 8.54. The van der Waals surface area contributed by atoms with Crippen molar-refractivity contribution in [1.29, 1.82) is 0 Å². The van der Waals surface area contributed by atoms with Gasteiger partial charge < -0.3 is 0 Å². The lowest BCUT2D eigenvalue weighted by atomic mass is 10.1. The third kappa shape index (κ3) is 1.93. The van der Waals surface area contributed by atoms with Gasteiger partial charge in [-0.05, 0) is 35.7 Å². The van der Waals surface area contributed by atoms with Gasteiger partial charge in [-0.3, -0.25) is 4.68 Å². The molecule has 1 aromatic carbocycles. The van der Waals surface area contributed by atoms with Crippen LogP contribution in [-0.2, 0) is 7.05 Å². The number of hydrogen-bond donors (Lipinski definition) is 0. The molecule has 0 atom stereocenters. The molecule has 3 rings (SSSR count). The van der Waals surface area contributed by atoms with Gasteiger partial charge in [-0.25, -0.2) is 0 Å². The van der Waals surface area contributed by atoms with Crippen molar-refractivity contribution in [3.63, 3.8) is 0 Å². The highest BCUT2D eigenvalue weighted by molar-refractivity contribution is 9.10. The van der Waals surface area contributed by atoms with E-state index in [0.717, 1.165) is 5.69 Å². The molecule has 88 valence electrons. The number of rotatable bonds is 2. The van der Waals surface area contributed by atoms with E-state index < -0.39 is 0 Å². The molecule has 17 heavy (non-hydrogen) atoms. The maximum absolute atomic E-state index is 4.64. The maximum Gasteiger partial charge on any atom is 0.107 e. The molecule has 1 heterocycles. The molecule has 1 aromatic heterocycles. The van der Waals surface area contributed by atoms with Crippen molar-refractivity contribution in [3.05, 3.63) is 40.0 Å². The molecule has 0 spiro atoms. The SMILES string of the molecule is Cc1ccc(-c2nn(C)c(C3CC3)c2Br)cc1. The molecule has 0 saturated heterocycles. The Bertz CT molecular complexity index is 550. The van der Waals surface area contributed by atoms with Crippen molar-refractivity contribution in [2.75, 3.05) is 0 Å². The fourth-order valence-corrected chi connectivity index (χ4v) is 3.10. The van der Waals surface area contributed by atoms with E-state index in [-0.39, 0.29) is 0 Å². The Labute approximate surface area is 110 Å². The molecule has 3 heteroatoms. The second-order valence-electron chi connectivity index (χ2n) is 4.81. The minimum atomic E-state index is 0.709. The first-order valence-electron chi connectivity index (χ1n) is 5.96. The van der Waals surface area contributed by atoms with Gasteiger partial charge in [0, 0.05) is 18.5 Å². The number of nitrogens with zero attached hydrogens (tertiary/aromatic N) is 2. The lowest BCUT2D eigenvalue weighted by Gasteiger charge is -1.99. The van der Waals surface area contributed by atoms with Gasteiger partial charge in [0.05, 0.1) is 10.2 Å². The standard InChI is InChI=1S/C14H15BrN2/c1-9-3-5-10(6-4-9)13-12(15)14(11-7-8-11)17(2)16-13/h3-6,11H,7-8H2,1-2H3. The van der Waals surface area contributed by atoms with Crippen molar-refractivity contribution < 1.29 is 0 Å². The van der Waals surface area contributed by atoms with E-state index in [1.165, 1.54) is 34.1 Å². The van der Waals surface area contributed by atoms with E-state index >= 15 is 0 Å². The van der Waals surface area contributed by atoms with E-state index in [2.05, 4.69) is 52.2 Å². The fourth-order valence-electron chi connectivity index (χ4n) is 2.21. The van der Waals surface area contributed by atoms with Crippen LogP contribution in [-0.4, -0.2) is 9.78 Å². The van der Waals surface area contributed by atoms with Crippen LogP contribution in [0.15, 0.2) is 28.7 Å². The van der Waals surface area contributed by atoms with Gasteiger partial charge in [-0.2, -0.15) is 5.10 Å². The number of benzene rings is 1. The van der Waals surface area contributed by atoms with Gasteiger partial charge in [0.25, 0.3) is 0 Å². The summed E-state index contributed by atoms with van der Waals surface area (Å²) >= 11 is 3.71. The Hall–Kier alpha value is -1.09. The largest absolute Gasteiger partial charge is 0.271 e. The molecule has 0 radical (unpaired) electrons. The van der Waals surface area contributed by atoms with E-state index in [1.807, 2.05) is 11.7 Å². The van der Waals surface area contributed by atoms with Crippen molar-refractivity contribution in [2.45, 2.75) is 25.7 Å². The molecule has 0 unspecified atom stereocenters. The lowest BCUT2D eigenvalue weighted by molar-refractivity contribution is 0.714. The molecule has 0 amide bonds. The normalized spacial score (nSPS) is 15.2. The zero-order chi connectivity index (χ0) is 12.0. The number of aryl methyl sites for hydroxylation is 2. The molecule has 2 aromatic rings. The van der Waals surface area contributed by atoms with Gasteiger partial charge in [0.2, 0.25) is 0 Å². The van der Waals surface area contributed by atoms with Crippen LogP contribution in [0.5, 0.6) is 0 Å². The first-order valence-corrected chi connectivity index (χ1v) is 6.75. The third-order valence-electron chi connectivity index (χ3n) is 3.32. The highest BCUT2D eigenvalue weighted by Gasteiger charge is 2.30. The lowest BCUT2D eigenvalue weighted by Crippen LogP contribution is -1.96. The molecule has 1 aliphatic rings. The van der Waals surface area contributed by atoms with Gasteiger partial charge in [0.15, 0.2) is 0 Å². The molecule has 0 aliphatic heterocycles. The van der Waals surface area contributed by atoms with Crippen LogP contribution in [0, 0.1) is 6.92 Å². The highest BCUT2D eigenvalue weighted by atomic mass is 79.9. The average Bonchev–Trinajstić information content (AvgIpc) is 3.08. The fraction of sp³-hybridized carbons (Fsp3) is 0.357. The van der Waals surface area contributed by atoms with Gasteiger partial charge in [-0.15, -0.1) is 0 Å². The van der Waals surface area contributed by atoms with Crippen LogP contribution < -0.4 is 0 Å². The summed E-state index contributed by atoms with van der Waals surface area (Å²) in [6.45, 7) is 2.10. The first-order chi connectivity index (χ1) is 8.16. The average molecular weight is 291 g/mol. The molecule has 0 N–H and O–H groups in total. The summed E-state index contributed by atoms with van der Waals surface area (Å²) in [5.41, 5.74) is 4.88. The Kier molecular flexibility index (Phi) is 2.58. The highest BCUT2D eigenvalue weighted by Crippen LogP contribution is 2.45. The zero-order valence-electron chi connectivity index (χ0n) is 10.1. The minimum absolute atomic E-state index is 0.709. The summed E-state index contributed by atoms with van der Waals surface area (Å²) in [4.78, 5) is 0. The quantitative estimate of drug-likeness (QED) is 0.816. The van der Waals surface area contributed by atoms with E-state index in [1.54, 1.807) is 0 Å². The second-order valence-corrected chi connectivity index (χ2v) is 5.60. The zero-order valence-corrected chi connectivity index (χ0v) is 11.7. The molecular weight excluding hydrogens is 276 g/mol. The maximum atomic E-state index is 4.64. The Morgan fingerprint density at radius 2 is 1.88 bits per heavy atom. The third-order valence-corrected chi connectivity index (χ3v) is 4.10. The van der Waals surface area contributed by atoms with Gasteiger partial charge >= 0.3 is 0 Å². The molecule has 2 nitrogen and oxygen atoms in total. The van der Waals surface area contributed by atoms with Crippen molar-refractivity contribution >= 4 is 15.9 Å². The van der Waals surface area contributed by atoms with Crippen molar-refractivity contribution in [1.82, 2.24) is 9.78 Å². The Balaban J connectivity index is 2.08. The van der Waals surface area contributed by atoms with E-state index in [9.17, 15) is 0 Å². The smallest absolute Gasteiger partial charge is 0.107 e. The summed E-state index contributed by atoms with van der Waals surface area (Å²) in [5.74, 6) is 0.709. The van der Waals surface area contributed by atoms with Gasteiger partial charge in [-0.1, -0.05) is 29.8 Å². The van der Waals surface area contributed by atoms with Crippen LogP contribution in [0.3, 0.4) is 0 Å².